The van der Waals surface area contributed by atoms with Crippen LogP contribution in [0.3, 0.4) is 0 Å². The topological polar surface area (TPSA) is 13.1 Å². The minimum atomic E-state index is -6.13. The minimum absolute atomic E-state index is 0.691. The molecule has 6 aromatic carbocycles. The fraction of sp³-hybridized carbons (Fsp3) is 0.204. The summed E-state index contributed by atoms with van der Waals surface area (Å²) in [6.07, 6.45) is -50.9. The molecule has 0 atom stereocenters. The van der Waals surface area contributed by atoms with Crippen molar-refractivity contribution in [1.82, 2.24) is 0 Å². The van der Waals surface area contributed by atoms with Crippen molar-refractivity contribution in [3.05, 3.63) is 189 Å². The van der Waals surface area contributed by atoms with Crippen molar-refractivity contribution in [3.63, 3.8) is 0 Å². The summed E-state index contributed by atoms with van der Waals surface area (Å²) < 4.78 is 343. The third-order valence-electron chi connectivity index (χ3n) is 11.9. The maximum atomic E-state index is 14.2. The molecule has 27 heteroatoms. The minimum Gasteiger partial charge on any atom is -0.231 e. The van der Waals surface area contributed by atoms with Crippen molar-refractivity contribution >= 4 is 38.8 Å². The normalized spacial score (nSPS) is 13.4. The fourth-order valence-corrected chi connectivity index (χ4v) is 8.18. The van der Waals surface area contributed by atoms with E-state index >= 15 is 0 Å². The van der Waals surface area contributed by atoms with Crippen LogP contribution in [0.4, 0.5) is 105 Å². The van der Waals surface area contributed by atoms with Gasteiger partial charge in [-0.3, -0.25) is 0 Å². The molecule has 0 bridgehead atoms. The van der Waals surface area contributed by atoms with Gasteiger partial charge in [0.2, 0.25) is 18.1 Å². The summed E-state index contributed by atoms with van der Waals surface area (Å²) >= 11 is 0. The van der Waals surface area contributed by atoms with E-state index in [9.17, 15) is 105 Å². The number of hydrogen-bond donors (Lipinski definition) is 0. The maximum absolute atomic E-state index is 14.2. The molecule has 0 amide bonds. The Morgan fingerprint density at radius 1 is 0.329 bits per heavy atom. The Balaban J connectivity index is 0.000000408. The molecule has 0 radical (unpaired) electrons. The number of pyridine rings is 1. The molecule has 406 valence electrons. The van der Waals surface area contributed by atoms with Gasteiger partial charge in [0, 0.05) is 16.4 Å². The number of halogens is 24. The Morgan fingerprint density at radius 3 is 0.882 bits per heavy atom. The highest BCUT2D eigenvalue weighted by atomic mass is 19.4. The van der Waals surface area contributed by atoms with Gasteiger partial charge >= 0.3 is 49.4 Å². The van der Waals surface area contributed by atoms with E-state index in [-0.39, 0.29) is 0 Å². The van der Waals surface area contributed by atoms with Crippen molar-refractivity contribution < 1.29 is 115 Å². The van der Waals surface area contributed by atoms with E-state index in [0.29, 0.717) is 0 Å². The Labute approximate surface area is 411 Å². The number of fused-ring (bicyclic) bond motifs is 1. The lowest BCUT2D eigenvalue weighted by atomic mass is 9.12. The average molecular weight is 1110 g/mol. The smallest absolute Gasteiger partial charge is 0.231 e. The largest absolute Gasteiger partial charge is 0.416 e. The predicted octanol–water partition coefficient (Wildman–Crippen LogP) is 14.8. The lowest BCUT2D eigenvalue weighted by Gasteiger charge is -2.46. The number of nitrogens with zero attached hydrogens (tertiary/aromatic N) is 1. The van der Waals surface area contributed by atoms with Gasteiger partial charge in [0.15, 0.2) is 0 Å². The van der Waals surface area contributed by atoms with Crippen LogP contribution in [-0.4, -0.2) is 6.15 Å². The molecular weight excluding hydrogens is 1090 g/mol. The van der Waals surface area contributed by atoms with E-state index in [2.05, 4.69) is 38.1 Å². The summed E-state index contributed by atoms with van der Waals surface area (Å²) in [5.41, 5.74) is -27.8. The highest BCUT2D eigenvalue weighted by Gasteiger charge is 2.47. The van der Waals surface area contributed by atoms with Crippen LogP contribution in [-0.2, 0) is 49.4 Å². The molecule has 0 aliphatic rings. The van der Waals surface area contributed by atoms with E-state index in [4.69, 9.17) is 4.84 Å². The number of rotatable bonds is 6. The first-order valence-electron chi connectivity index (χ1n) is 21.0. The molecule has 1 heterocycles. The zero-order valence-corrected chi connectivity index (χ0v) is 37.7. The second kappa shape index (κ2) is 19.8. The van der Waals surface area contributed by atoms with E-state index < -0.39 is 195 Å². The molecule has 0 spiro atoms. The zero-order chi connectivity index (χ0) is 57.2. The summed E-state index contributed by atoms with van der Waals surface area (Å²) in [5.74, 6) is 0.889. The van der Waals surface area contributed by atoms with Gasteiger partial charge in [-0.1, -0.05) is 78.9 Å². The zero-order valence-electron chi connectivity index (χ0n) is 37.7. The second-order valence-corrected chi connectivity index (χ2v) is 16.9. The van der Waals surface area contributed by atoms with Gasteiger partial charge in [0.1, 0.15) is 6.15 Å². The summed E-state index contributed by atoms with van der Waals surface area (Å²) in [7, 11) is 0. The molecule has 7 rings (SSSR count). The van der Waals surface area contributed by atoms with Crippen LogP contribution in [0.5, 0.6) is 5.75 Å². The molecule has 0 fully saturated rings. The summed E-state index contributed by atoms with van der Waals surface area (Å²) in [4.78, 5) is 5.91. The first-order chi connectivity index (χ1) is 34.5. The van der Waals surface area contributed by atoms with Gasteiger partial charge in [-0.15, -0.1) is 0 Å². The van der Waals surface area contributed by atoms with Crippen molar-refractivity contribution in [2.24, 2.45) is 0 Å². The number of aromatic nitrogens is 1. The van der Waals surface area contributed by atoms with Crippen LogP contribution in [0.25, 0.3) is 10.8 Å². The third-order valence-corrected chi connectivity index (χ3v) is 11.9. The van der Waals surface area contributed by atoms with Crippen LogP contribution >= 0.6 is 0 Å². The Morgan fingerprint density at radius 2 is 0.605 bits per heavy atom. The number of aryl methyl sites for hydroxylation is 1. The van der Waals surface area contributed by atoms with Gasteiger partial charge in [0.25, 0.3) is 0 Å². The highest BCUT2D eigenvalue weighted by Crippen LogP contribution is 2.41. The number of hydrogen-bond acceptors (Lipinski definition) is 1. The summed E-state index contributed by atoms with van der Waals surface area (Å²) in [6.45, 7) is 4.17. The van der Waals surface area contributed by atoms with Crippen LogP contribution in [0, 0.1) is 13.8 Å². The number of benzene rings is 6. The summed E-state index contributed by atoms with van der Waals surface area (Å²) in [6, 6.07) is 7.59. The monoisotopic (exact) mass is 1110 g/mol. The summed E-state index contributed by atoms with van der Waals surface area (Å²) in [5, 5.41) is 2.37. The molecule has 0 saturated heterocycles. The molecule has 7 aromatic rings. The van der Waals surface area contributed by atoms with Crippen molar-refractivity contribution in [3.8, 4) is 5.75 Å². The van der Waals surface area contributed by atoms with Crippen LogP contribution in [0.1, 0.15) is 55.6 Å². The molecular formula is C49H28BF24NO. The molecule has 0 aliphatic heterocycles. The van der Waals surface area contributed by atoms with E-state index in [0.717, 1.165) is 11.1 Å². The maximum Gasteiger partial charge on any atom is 0.416 e. The van der Waals surface area contributed by atoms with Gasteiger partial charge in [0.05, 0.1) is 49.9 Å². The van der Waals surface area contributed by atoms with Crippen LogP contribution in [0.15, 0.2) is 134 Å². The Hall–Kier alpha value is -7.09. The Bertz CT molecular complexity index is 2830. The van der Waals surface area contributed by atoms with Crippen molar-refractivity contribution in [2.45, 2.75) is 63.3 Å². The predicted molar refractivity (Wildman–Crippen MR) is 226 cm³/mol. The standard InChI is InChI=1S/C32H12BF24.C17H16NO/c34-25(35,36)13-1-14(26(37,38)39)6-21(5-13)33(22-7-15(27(40,41)42)2-16(8-22)28(43,44)45,23-9-17(29(46,47)48)3-18(10-23)30(49,50)51)24-11-19(31(52,53)54)4-20(12-24)32(55,56)57;1-13-6-5-9-17(14(13)2)19-18-11-10-15-7-3-4-8-16(15)12-18/h1-12H;3-12H,1-2H3/q-1;+1. The molecule has 0 saturated carbocycles. The van der Waals surface area contributed by atoms with Gasteiger partial charge in [-0.25, -0.2) is 4.84 Å². The van der Waals surface area contributed by atoms with Crippen molar-refractivity contribution in [2.75, 3.05) is 0 Å². The lowest BCUT2D eigenvalue weighted by Crippen LogP contribution is -2.75. The van der Waals surface area contributed by atoms with Gasteiger partial charge < -0.3 is 0 Å². The first kappa shape index (κ1) is 58.2. The van der Waals surface area contributed by atoms with Gasteiger partial charge in [-0.2, -0.15) is 127 Å². The molecule has 0 unspecified atom stereocenters. The highest BCUT2D eigenvalue weighted by molar-refractivity contribution is 7.20. The first-order valence-corrected chi connectivity index (χ1v) is 21.0. The average Bonchev–Trinajstić information content (AvgIpc) is 3.28. The van der Waals surface area contributed by atoms with E-state index in [1.54, 1.807) is 4.73 Å². The lowest BCUT2D eigenvalue weighted by molar-refractivity contribution is -0.874. The quantitative estimate of drug-likeness (QED) is 0.0919. The number of alkyl halides is 24. The molecule has 1 aromatic heterocycles. The van der Waals surface area contributed by atoms with Crippen LogP contribution in [0.2, 0.25) is 0 Å². The van der Waals surface area contributed by atoms with E-state index in [1.165, 1.54) is 16.5 Å². The van der Waals surface area contributed by atoms with Gasteiger partial charge in [-0.05, 0) is 61.2 Å². The molecule has 76 heavy (non-hydrogen) atoms. The van der Waals surface area contributed by atoms with E-state index in [1.807, 2.05) is 36.7 Å². The molecule has 2 nitrogen and oxygen atoms in total. The molecule has 0 N–H and O–H groups in total. The Kier molecular flexibility index (Phi) is 15.2. The van der Waals surface area contributed by atoms with Crippen LogP contribution < -0.4 is 31.4 Å². The second-order valence-electron chi connectivity index (χ2n) is 16.9. The fourth-order valence-electron chi connectivity index (χ4n) is 8.18. The molecule has 0 aliphatic carbocycles. The van der Waals surface area contributed by atoms with Crippen molar-refractivity contribution in [1.29, 1.82) is 0 Å². The SMILES string of the molecule is Cc1cccc(O[n+]2ccc3ccccc3c2)c1C.FC(F)(F)c1cc([B-](c2cc(C(F)(F)F)cc(C(F)(F)F)c2)(c2cc(C(F)(F)F)cc(C(F)(F)F)c2)c2cc(C(F)(F)F)cc(C(F)(F)F)c2)cc(C(F)(F)F)c1. The third kappa shape index (κ3) is 12.8.